The molecule has 1 fully saturated rings. The molecule has 5 nitrogen and oxygen atoms in total. The second-order valence-electron chi connectivity index (χ2n) is 6.25. The van der Waals surface area contributed by atoms with Crippen molar-refractivity contribution in [3.8, 4) is 0 Å². The number of nitrogens with zero attached hydrogens (tertiary/aromatic N) is 4. The van der Waals surface area contributed by atoms with E-state index in [0.29, 0.717) is 31.6 Å². The van der Waals surface area contributed by atoms with Crippen LogP contribution in [0.25, 0.3) is 0 Å². The van der Waals surface area contributed by atoms with Gasteiger partial charge in [-0.2, -0.15) is 13.2 Å². The number of anilines is 1. The lowest BCUT2D eigenvalue weighted by Crippen LogP contribution is -2.49. The van der Waals surface area contributed by atoms with E-state index in [2.05, 4.69) is 9.97 Å². The van der Waals surface area contributed by atoms with Gasteiger partial charge in [0.2, 0.25) is 0 Å². The van der Waals surface area contributed by atoms with Crippen LogP contribution in [0.4, 0.5) is 19.0 Å². The molecule has 1 atom stereocenters. The van der Waals surface area contributed by atoms with Crippen LogP contribution in [0, 0.1) is 0 Å². The van der Waals surface area contributed by atoms with E-state index in [1.165, 1.54) is 17.2 Å². The van der Waals surface area contributed by atoms with Crippen LogP contribution in [0.3, 0.4) is 0 Å². The highest BCUT2D eigenvalue weighted by Crippen LogP contribution is 2.36. The van der Waals surface area contributed by atoms with Gasteiger partial charge in [-0.15, -0.1) is 0 Å². The highest BCUT2D eigenvalue weighted by atomic mass is 19.4. The molecule has 1 unspecified atom stereocenters. The number of rotatable bonds is 3. The Labute approximate surface area is 149 Å². The van der Waals surface area contributed by atoms with Crippen LogP contribution in [0.2, 0.25) is 0 Å². The lowest BCUT2D eigenvalue weighted by atomic mass is 10.0. The first-order valence-electron chi connectivity index (χ1n) is 8.33. The van der Waals surface area contributed by atoms with Gasteiger partial charge in [-0.1, -0.05) is 6.07 Å². The van der Waals surface area contributed by atoms with Gasteiger partial charge in [0, 0.05) is 38.6 Å². The molecule has 0 bridgehead atoms. The van der Waals surface area contributed by atoms with E-state index in [9.17, 15) is 18.0 Å². The van der Waals surface area contributed by atoms with Gasteiger partial charge >= 0.3 is 6.18 Å². The summed E-state index contributed by atoms with van der Waals surface area (Å²) in [7, 11) is 1.59. The van der Waals surface area contributed by atoms with Gasteiger partial charge in [0.25, 0.3) is 5.91 Å². The number of amides is 1. The molecule has 0 spiro atoms. The predicted octanol–water partition coefficient (Wildman–Crippen LogP) is 3.24. The summed E-state index contributed by atoms with van der Waals surface area (Å²) in [5, 5.41) is 0. The zero-order valence-corrected chi connectivity index (χ0v) is 14.3. The molecule has 1 aliphatic rings. The molecule has 1 aliphatic heterocycles. The maximum atomic E-state index is 13.3. The Hall–Kier alpha value is -2.64. The maximum Gasteiger partial charge on any atom is 0.419 e. The molecule has 138 valence electrons. The Morgan fingerprint density at radius 1 is 1.19 bits per heavy atom. The molecular weight excluding hydrogens is 345 g/mol. The molecule has 2 aromatic heterocycles. The number of pyridine rings is 2. The summed E-state index contributed by atoms with van der Waals surface area (Å²) in [6, 6.07) is 7.15. The highest BCUT2D eigenvalue weighted by molar-refractivity contribution is 5.92. The van der Waals surface area contributed by atoms with Crippen molar-refractivity contribution in [1.82, 2.24) is 14.9 Å². The Balaban J connectivity index is 1.79. The van der Waals surface area contributed by atoms with E-state index < -0.39 is 11.7 Å². The molecule has 0 aliphatic carbocycles. The van der Waals surface area contributed by atoms with Gasteiger partial charge in [-0.05, 0) is 37.1 Å². The number of carbonyl (C=O) groups excluding carboxylic acids is 1. The van der Waals surface area contributed by atoms with Crippen molar-refractivity contribution < 1.29 is 18.0 Å². The average Bonchev–Trinajstić information content (AvgIpc) is 2.67. The number of piperidine rings is 1. The third-order valence-corrected chi connectivity index (χ3v) is 4.54. The summed E-state index contributed by atoms with van der Waals surface area (Å²) in [6.07, 6.45) is -0.181. The lowest BCUT2D eigenvalue weighted by molar-refractivity contribution is -0.137. The van der Waals surface area contributed by atoms with Crippen molar-refractivity contribution in [2.24, 2.45) is 0 Å². The van der Waals surface area contributed by atoms with Crippen molar-refractivity contribution in [2.75, 3.05) is 25.0 Å². The summed E-state index contributed by atoms with van der Waals surface area (Å²) >= 11 is 0. The Bertz CT molecular complexity index is 767. The number of likely N-dealkylation sites (tertiary alicyclic amines) is 1. The fourth-order valence-electron chi connectivity index (χ4n) is 3.18. The number of alkyl halides is 3. The first-order valence-corrected chi connectivity index (χ1v) is 8.33. The molecule has 3 heterocycles. The van der Waals surface area contributed by atoms with Gasteiger partial charge in [0.05, 0.1) is 5.56 Å². The zero-order chi connectivity index (χ0) is 18.7. The van der Waals surface area contributed by atoms with Crippen LogP contribution in [0.1, 0.15) is 28.9 Å². The SMILES string of the molecule is CN(c1ncccc1C(F)(F)F)C1CCCN(C(=O)c2ccccn2)C1. The molecule has 0 aromatic carbocycles. The monoisotopic (exact) mass is 364 g/mol. The van der Waals surface area contributed by atoms with Crippen LogP contribution in [0.5, 0.6) is 0 Å². The smallest absolute Gasteiger partial charge is 0.354 e. The number of carbonyl (C=O) groups is 1. The molecule has 0 saturated carbocycles. The number of halogens is 3. The van der Waals surface area contributed by atoms with Gasteiger partial charge < -0.3 is 9.80 Å². The van der Waals surface area contributed by atoms with E-state index in [4.69, 9.17) is 0 Å². The normalized spacial score (nSPS) is 17.8. The van der Waals surface area contributed by atoms with Crippen LogP contribution >= 0.6 is 0 Å². The van der Waals surface area contributed by atoms with Crippen LogP contribution < -0.4 is 4.90 Å². The van der Waals surface area contributed by atoms with Crippen molar-refractivity contribution in [1.29, 1.82) is 0 Å². The minimum atomic E-state index is -4.48. The van der Waals surface area contributed by atoms with E-state index >= 15 is 0 Å². The van der Waals surface area contributed by atoms with E-state index in [-0.39, 0.29) is 17.8 Å². The van der Waals surface area contributed by atoms with Gasteiger partial charge in [0.15, 0.2) is 0 Å². The minimum Gasteiger partial charge on any atom is -0.354 e. The molecule has 1 saturated heterocycles. The molecule has 0 N–H and O–H groups in total. The van der Waals surface area contributed by atoms with Crippen LogP contribution in [0.15, 0.2) is 42.7 Å². The lowest BCUT2D eigenvalue weighted by Gasteiger charge is -2.38. The first kappa shape index (κ1) is 18.2. The third-order valence-electron chi connectivity index (χ3n) is 4.54. The van der Waals surface area contributed by atoms with E-state index in [1.807, 2.05) is 0 Å². The fraction of sp³-hybridized carbons (Fsp3) is 0.389. The summed E-state index contributed by atoms with van der Waals surface area (Å²) in [5.74, 6) is -0.321. The van der Waals surface area contributed by atoms with Crippen molar-refractivity contribution in [3.05, 3.63) is 54.0 Å². The standard InChI is InChI=1S/C18H19F3N4O/c1-24(16-14(18(19,20)21)7-4-10-23-16)13-6-5-11-25(12-13)17(26)15-8-2-3-9-22-15/h2-4,7-10,13H,5-6,11-12H2,1H3. The second kappa shape index (κ2) is 7.31. The average molecular weight is 364 g/mol. The highest BCUT2D eigenvalue weighted by Gasteiger charge is 2.37. The minimum absolute atomic E-state index is 0.114. The maximum absolute atomic E-state index is 13.3. The van der Waals surface area contributed by atoms with Crippen LogP contribution in [-0.2, 0) is 6.18 Å². The number of aromatic nitrogens is 2. The van der Waals surface area contributed by atoms with E-state index in [0.717, 1.165) is 6.07 Å². The molecule has 1 amide bonds. The number of likely N-dealkylation sites (N-methyl/N-ethyl adjacent to an activating group) is 1. The number of hydrogen-bond acceptors (Lipinski definition) is 4. The Morgan fingerprint density at radius 2 is 1.96 bits per heavy atom. The van der Waals surface area contributed by atoms with Gasteiger partial charge in [-0.3, -0.25) is 9.78 Å². The molecule has 0 radical (unpaired) electrons. The Kier molecular flexibility index (Phi) is 5.11. The quantitative estimate of drug-likeness (QED) is 0.839. The molecule has 3 rings (SSSR count). The molecular formula is C18H19F3N4O. The summed E-state index contributed by atoms with van der Waals surface area (Å²) in [5.41, 5.74) is -0.430. The summed E-state index contributed by atoms with van der Waals surface area (Å²) in [4.78, 5) is 23.8. The van der Waals surface area contributed by atoms with Crippen molar-refractivity contribution >= 4 is 11.7 Å². The van der Waals surface area contributed by atoms with Gasteiger partial charge in [0.1, 0.15) is 11.5 Å². The summed E-state index contributed by atoms with van der Waals surface area (Å²) < 4.78 is 39.8. The molecule has 8 heteroatoms. The topological polar surface area (TPSA) is 49.3 Å². The van der Waals surface area contributed by atoms with E-state index in [1.54, 1.807) is 36.3 Å². The zero-order valence-electron chi connectivity index (χ0n) is 14.3. The third kappa shape index (κ3) is 3.79. The van der Waals surface area contributed by atoms with Crippen molar-refractivity contribution in [3.63, 3.8) is 0 Å². The first-order chi connectivity index (χ1) is 12.4. The summed E-state index contributed by atoms with van der Waals surface area (Å²) in [6.45, 7) is 0.897. The largest absolute Gasteiger partial charge is 0.419 e. The van der Waals surface area contributed by atoms with Crippen molar-refractivity contribution in [2.45, 2.75) is 25.1 Å². The van der Waals surface area contributed by atoms with Crippen LogP contribution in [-0.4, -0.2) is 47.0 Å². The second-order valence-corrected chi connectivity index (χ2v) is 6.25. The molecule has 26 heavy (non-hydrogen) atoms. The predicted molar refractivity (Wildman–Crippen MR) is 90.8 cm³/mol. The van der Waals surface area contributed by atoms with Gasteiger partial charge in [-0.25, -0.2) is 4.98 Å². The Morgan fingerprint density at radius 3 is 2.65 bits per heavy atom. The molecule has 2 aromatic rings. The number of hydrogen-bond donors (Lipinski definition) is 0. The fourth-order valence-corrected chi connectivity index (χ4v) is 3.18.